The van der Waals surface area contributed by atoms with Gasteiger partial charge in [0.25, 0.3) is 0 Å². The van der Waals surface area contributed by atoms with Gasteiger partial charge in [-0.05, 0) is 30.3 Å². The average Bonchev–Trinajstić information content (AvgIpc) is 3.04. The molecule has 1 amide bonds. The second-order valence-corrected chi connectivity index (χ2v) is 8.12. The van der Waals surface area contributed by atoms with E-state index in [0.717, 1.165) is 9.86 Å². The molecule has 0 spiro atoms. The van der Waals surface area contributed by atoms with Crippen LogP contribution in [0.2, 0.25) is 0 Å². The van der Waals surface area contributed by atoms with Gasteiger partial charge in [-0.15, -0.1) is 0 Å². The van der Waals surface area contributed by atoms with Crippen LogP contribution in [0.4, 0.5) is 4.79 Å². The lowest BCUT2D eigenvalue weighted by molar-refractivity contribution is 0.233. The van der Waals surface area contributed by atoms with Gasteiger partial charge < -0.3 is 4.74 Å². The summed E-state index contributed by atoms with van der Waals surface area (Å²) in [5, 5.41) is 10.6. The first-order valence-corrected chi connectivity index (χ1v) is 9.81. The third kappa shape index (κ3) is 4.19. The first kappa shape index (κ1) is 20.3. The zero-order chi connectivity index (χ0) is 20.3. The van der Waals surface area contributed by atoms with Crippen molar-refractivity contribution in [2.75, 3.05) is 14.2 Å². The van der Waals surface area contributed by atoms with Crippen molar-refractivity contribution >= 4 is 67.4 Å². The van der Waals surface area contributed by atoms with E-state index in [1.165, 1.54) is 7.79 Å². The predicted molar refractivity (Wildman–Crippen MR) is 120 cm³/mol. The third-order valence-electron chi connectivity index (χ3n) is 3.98. The second-order valence-electron chi connectivity index (χ2n) is 5.76. The molecule has 2 aromatic heterocycles. The lowest BCUT2D eigenvalue weighted by atomic mass is 10.0. The van der Waals surface area contributed by atoms with Crippen LogP contribution in [0, 0.1) is 11.3 Å². The topological polar surface area (TPSA) is 83.2 Å². The van der Waals surface area contributed by atoms with Crippen molar-refractivity contribution in [2.24, 2.45) is 0 Å². The highest BCUT2D eigenvalue weighted by molar-refractivity contribution is 14.1. The maximum atomic E-state index is 12.6. The van der Waals surface area contributed by atoms with Gasteiger partial charge in [0.1, 0.15) is 5.75 Å². The average molecular weight is 552 g/mol. The lowest BCUT2D eigenvalue weighted by Gasteiger charge is -2.10. The van der Waals surface area contributed by atoms with Crippen LogP contribution in [0.1, 0.15) is 11.1 Å². The van der Waals surface area contributed by atoms with E-state index in [2.05, 4.69) is 32.4 Å². The SMILES string of the molecule is COc1ccncc1/C=C(\C#N)c1cn(C(=O)NN(C)I)c2ccc(Br)cc12. The number of ether oxygens (including phenoxy) is 1. The Bertz CT molecular complexity index is 1120. The van der Waals surface area contributed by atoms with E-state index in [-0.39, 0.29) is 6.03 Å². The van der Waals surface area contributed by atoms with Gasteiger partial charge in [0.05, 0.1) is 24.3 Å². The van der Waals surface area contributed by atoms with Gasteiger partial charge in [-0.1, -0.05) is 15.9 Å². The molecule has 0 aliphatic carbocycles. The number of aromatic nitrogens is 2. The van der Waals surface area contributed by atoms with E-state index in [1.54, 1.807) is 44.9 Å². The summed E-state index contributed by atoms with van der Waals surface area (Å²) in [6.07, 6.45) is 6.61. The van der Waals surface area contributed by atoms with Gasteiger partial charge in [-0.25, -0.2) is 4.79 Å². The van der Waals surface area contributed by atoms with Crippen LogP contribution in [0.3, 0.4) is 0 Å². The molecule has 0 aliphatic heterocycles. The minimum Gasteiger partial charge on any atom is -0.496 e. The number of rotatable bonds is 4. The number of pyridine rings is 1. The summed E-state index contributed by atoms with van der Waals surface area (Å²) in [4.78, 5) is 16.7. The Labute approximate surface area is 184 Å². The summed E-state index contributed by atoms with van der Waals surface area (Å²) < 4.78 is 9.21. The molecule has 0 radical (unpaired) electrons. The number of nitrogens with one attached hydrogen (secondary N) is 1. The molecule has 0 fully saturated rings. The monoisotopic (exact) mass is 551 g/mol. The summed E-state index contributed by atoms with van der Waals surface area (Å²) in [6.45, 7) is 0. The Morgan fingerprint density at radius 3 is 2.93 bits per heavy atom. The number of hydrazine groups is 1. The number of carbonyl (C=O) groups excluding carboxylic acids is 1. The molecular weight excluding hydrogens is 537 g/mol. The minimum absolute atomic E-state index is 0.327. The number of allylic oxidation sites excluding steroid dienone is 1. The molecule has 1 N–H and O–H groups in total. The molecule has 0 unspecified atom stereocenters. The highest BCUT2D eigenvalue weighted by Crippen LogP contribution is 2.32. The number of fused-ring (bicyclic) bond motifs is 1. The van der Waals surface area contributed by atoms with Crippen LogP contribution in [0.5, 0.6) is 5.75 Å². The van der Waals surface area contributed by atoms with Crippen molar-refractivity contribution in [1.29, 1.82) is 5.26 Å². The standard InChI is InChI=1S/C19H15BrIN5O2/c1-25(21)24-19(27)26-11-16(15-8-14(20)3-4-17(15)26)12(9-22)7-13-10-23-6-5-18(13)28-2/h3-8,10-11H,1-2H3,(H,24,27)/b12-7+. The van der Waals surface area contributed by atoms with Crippen molar-refractivity contribution < 1.29 is 9.53 Å². The van der Waals surface area contributed by atoms with Crippen LogP contribution in [0.25, 0.3) is 22.6 Å². The number of carbonyl (C=O) groups is 1. The Kier molecular flexibility index (Phi) is 6.33. The molecule has 0 atom stereocenters. The number of hydrogen-bond donors (Lipinski definition) is 1. The number of methoxy groups -OCH3 is 1. The van der Waals surface area contributed by atoms with Crippen LogP contribution >= 0.6 is 38.8 Å². The van der Waals surface area contributed by atoms with Crippen LogP contribution in [-0.4, -0.2) is 33.0 Å². The number of hydrogen-bond acceptors (Lipinski definition) is 5. The zero-order valence-electron chi connectivity index (χ0n) is 15.0. The minimum atomic E-state index is -0.327. The molecule has 0 saturated carbocycles. The first-order chi connectivity index (χ1) is 13.4. The molecule has 9 heteroatoms. The predicted octanol–water partition coefficient (Wildman–Crippen LogP) is 4.63. The fourth-order valence-corrected chi connectivity index (χ4v) is 3.35. The van der Waals surface area contributed by atoms with Gasteiger partial charge in [-0.3, -0.25) is 15.0 Å². The van der Waals surface area contributed by atoms with Crippen molar-refractivity contribution in [3.8, 4) is 11.8 Å². The van der Waals surface area contributed by atoms with E-state index >= 15 is 0 Å². The molecule has 3 aromatic rings. The normalized spacial score (nSPS) is 11.5. The van der Waals surface area contributed by atoms with Gasteiger partial charge in [-0.2, -0.15) is 8.48 Å². The highest BCUT2D eigenvalue weighted by atomic mass is 127. The van der Waals surface area contributed by atoms with Crippen molar-refractivity contribution in [3.63, 3.8) is 0 Å². The fraction of sp³-hybridized carbons (Fsp3) is 0.105. The van der Waals surface area contributed by atoms with E-state index < -0.39 is 0 Å². The van der Waals surface area contributed by atoms with E-state index in [1.807, 2.05) is 41.1 Å². The van der Waals surface area contributed by atoms with E-state index in [0.29, 0.717) is 28.0 Å². The van der Waals surface area contributed by atoms with Gasteiger partial charge in [0.2, 0.25) is 0 Å². The Morgan fingerprint density at radius 1 is 1.46 bits per heavy atom. The van der Waals surface area contributed by atoms with Crippen molar-refractivity contribution in [2.45, 2.75) is 0 Å². The summed E-state index contributed by atoms with van der Waals surface area (Å²) in [7, 11) is 3.28. The summed E-state index contributed by atoms with van der Waals surface area (Å²) in [6, 6.07) is 9.19. The molecule has 0 saturated heterocycles. The number of nitriles is 1. The van der Waals surface area contributed by atoms with Gasteiger partial charge in [0.15, 0.2) is 0 Å². The zero-order valence-corrected chi connectivity index (χ0v) is 18.7. The summed E-state index contributed by atoms with van der Waals surface area (Å²) in [5.74, 6) is 0.608. The molecule has 28 heavy (non-hydrogen) atoms. The molecule has 2 heterocycles. The Hall–Kier alpha value is -2.42. The first-order valence-electron chi connectivity index (χ1n) is 8.06. The summed E-state index contributed by atoms with van der Waals surface area (Å²) >= 11 is 5.42. The highest BCUT2D eigenvalue weighted by Gasteiger charge is 2.17. The second kappa shape index (κ2) is 8.72. The largest absolute Gasteiger partial charge is 0.496 e. The Balaban J connectivity index is 2.21. The van der Waals surface area contributed by atoms with Gasteiger partial charge >= 0.3 is 6.03 Å². The summed E-state index contributed by atoms with van der Waals surface area (Å²) in [5.41, 5.74) is 5.09. The number of nitrogens with zero attached hydrogens (tertiary/aromatic N) is 4. The fourth-order valence-electron chi connectivity index (χ4n) is 2.78. The number of amides is 1. The third-order valence-corrected chi connectivity index (χ3v) is 4.71. The van der Waals surface area contributed by atoms with Crippen LogP contribution in [-0.2, 0) is 0 Å². The maximum Gasteiger partial charge on any atom is 0.341 e. The van der Waals surface area contributed by atoms with Crippen LogP contribution < -0.4 is 10.2 Å². The van der Waals surface area contributed by atoms with Crippen LogP contribution in [0.15, 0.2) is 47.3 Å². The smallest absolute Gasteiger partial charge is 0.341 e. The molecular formula is C19H15BrIN5O2. The molecule has 1 aromatic carbocycles. The molecule has 0 bridgehead atoms. The van der Waals surface area contributed by atoms with Crippen molar-refractivity contribution in [3.05, 3.63) is 58.5 Å². The van der Waals surface area contributed by atoms with Crippen molar-refractivity contribution in [1.82, 2.24) is 18.2 Å². The molecule has 142 valence electrons. The van der Waals surface area contributed by atoms with Gasteiger partial charge in [0, 0.05) is 69.5 Å². The van der Waals surface area contributed by atoms with E-state index in [9.17, 15) is 10.1 Å². The number of halogens is 2. The van der Waals surface area contributed by atoms with E-state index in [4.69, 9.17) is 4.74 Å². The molecule has 7 nitrogen and oxygen atoms in total. The Morgan fingerprint density at radius 2 is 2.25 bits per heavy atom. The lowest BCUT2D eigenvalue weighted by Crippen LogP contribution is -2.35. The maximum absolute atomic E-state index is 12.6. The molecule has 0 aliphatic rings. The quantitative estimate of drug-likeness (QED) is 0.221. The number of benzene rings is 1. The molecule has 3 rings (SSSR count).